The number of nitrogens with one attached hydrogen (secondary N) is 1. The van der Waals surface area contributed by atoms with Gasteiger partial charge in [0.2, 0.25) is 5.91 Å². The first-order chi connectivity index (χ1) is 8.50. The van der Waals surface area contributed by atoms with E-state index in [0.29, 0.717) is 29.2 Å². The first-order valence-corrected chi connectivity index (χ1v) is 6.24. The van der Waals surface area contributed by atoms with E-state index in [1.54, 1.807) is 12.1 Å². The summed E-state index contributed by atoms with van der Waals surface area (Å²) in [5.74, 6) is -0.361. The summed E-state index contributed by atoms with van der Waals surface area (Å²) >= 11 is 6.08. The molecule has 1 atom stereocenters. The number of nitrogen functional groups attached to an aromatic ring is 1. The Hall–Kier alpha value is -1.55. The van der Waals surface area contributed by atoms with Crippen molar-refractivity contribution in [2.45, 2.75) is 19.8 Å². The second-order valence-electron chi connectivity index (χ2n) is 4.53. The lowest BCUT2D eigenvalue weighted by atomic mass is 9.82. The average molecular weight is 267 g/mol. The molecular formula is C13H15ClN2O2. The van der Waals surface area contributed by atoms with Gasteiger partial charge in [-0.3, -0.25) is 9.59 Å². The van der Waals surface area contributed by atoms with Gasteiger partial charge in [-0.2, -0.15) is 0 Å². The molecular weight excluding hydrogens is 252 g/mol. The number of ketones is 1. The zero-order chi connectivity index (χ0) is 13.3. The standard InChI is InChI=1S/C13H15ClN2O2/c1-7(17)16-6-8-2-3-9-10(14)4-5-11(15)12(9)13(8)18/h4-5,8H,2-3,6,15H2,1H3,(H,16,17). The van der Waals surface area contributed by atoms with E-state index in [9.17, 15) is 9.59 Å². The van der Waals surface area contributed by atoms with Gasteiger partial charge in [-0.15, -0.1) is 0 Å². The Balaban J connectivity index is 2.28. The first kappa shape index (κ1) is 12.9. The highest BCUT2D eigenvalue weighted by atomic mass is 35.5. The molecule has 3 N–H and O–H groups in total. The molecule has 1 aliphatic rings. The smallest absolute Gasteiger partial charge is 0.216 e. The zero-order valence-corrected chi connectivity index (χ0v) is 10.9. The average Bonchev–Trinajstić information content (AvgIpc) is 2.32. The van der Waals surface area contributed by atoms with Crippen LogP contribution >= 0.6 is 11.6 Å². The number of rotatable bonds is 2. The van der Waals surface area contributed by atoms with Crippen molar-refractivity contribution in [2.75, 3.05) is 12.3 Å². The van der Waals surface area contributed by atoms with Gasteiger partial charge in [0.05, 0.1) is 0 Å². The van der Waals surface area contributed by atoms with Crippen molar-refractivity contribution in [3.8, 4) is 0 Å². The van der Waals surface area contributed by atoms with Crippen LogP contribution in [0.2, 0.25) is 5.02 Å². The Morgan fingerprint density at radius 2 is 2.28 bits per heavy atom. The van der Waals surface area contributed by atoms with Gasteiger partial charge in [0, 0.05) is 35.7 Å². The van der Waals surface area contributed by atoms with Crippen LogP contribution in [0.5, 0.6) is 0 Å². The quantitative estimate of drug-likeness (QED) is 0.802. The highest BCUT2D eigenvalue weighted by Gasteiger charge is 2.30. The van der Waals surface area contributed by atoms with Gasteiger partial charge >= 0.3 is 0 Å². The number of fused-ring (bicyclic) bond motifs is 1. The number of hydrogen-bond acceptors (Lipinski definition) is 3. The molecule has 18 heavy (non-hydrogen) atoms. The molecule has 1 aliphatic carbocycles. The number of hydrogen-bond donors (Lipinski definition) is 2. The van der Waals surface area contributed by atoms with Crippen LogP contribution in [0.4, 0.5) is 5.69 Å². The first-order valence-electron chi connectivity index (χ1n) is 5.86. The summed E-state index contributed by atoms with van der Waals surface area (Å²) in [7, 11) is 0. The van der Waals surface area contributed by atoms with Gasteiger partial charge in [-0.1, -0.05) is 11.6 Å². The number of carbonyl (C=O) groups excluding carboxylic acids is 2. The van der Waals surface area contributed by atoms with Gasteiger partial charge in [-0.05, 0) is 30.5 Å². The highest BCUT2D eigenvalue weighted by Crippen LogP contribution is 2.34. The van der Waals surface area contributed by atoms with Crippen LogP contribution in [0.25, 0.3) is 0 Å². The molecule has 0 fully saturated rings. The minimum absolute atomic E-state index is 0.0231. The summed E-state index contributed by atoms with van der Waals surface area (Å²) in [4.78, 5) is 23.2. The van der Waals surface area contributed by atoms with Crippen LogP contribution in [0.3, 0.4) is 0 Å². The molecule has 0 aliphatic heterocycles. The summed E-state index contributed by atoms with van der Waals surface area (Å²) in [5, 5.41) is 3.27. The van der Waals surface area contributed by atoms with Crippen LogP contribution in [0.1, 0.15) is 29.3 Å². The van der Waals surface area contributed by atoms with Crippen molar-refractivity contribution < 1.29 is 9.59 Å². The molecule has 0 saturated carbocycles. The monoisotopic (exact) mass is 266 g/mol. The van der Waals surface area contributed by atoms with Crippen LogP contribution in [-0.2, 0) is 11.2 Å². The Kier molecular flexibility index (Phi) is 3.57. The second kappa shape index (κ2) is 4.98. The molecule has 0 bridgehead atoms. The molecule has 0 heterocycles. The molecule has 1 aromatic carbocycles. The third-order valence-electron chi connectivity index (χ3n) is 3.25. The lowest BCUT2D eigenvalue weighted by molar-refractivity contribution is -0.119. The van der Waals surface area contributed by atoms with E-state index < -0.39 is 0 Å². The van der Waals surface area contributed by atoms with E-state index in [2.05, 4.69) is 5.32 Å². The molecule has 2 rings (SSSR count). The minimum Gasteiger partial charge on any atom is -0.398 e. The third kappa shape index (κ3) is 2.34. The van der Waals surface area contributed by atoms with Crippen LogP contribution in [-0.4, -0.2) is 18.2 Å². The van der Waals surface area contributed by atoms with Crippen LogP contribution in [0, 0.1) is 5.92 Å². The largest absolute Gasteiger partial charge is 0.398 e. The molecule has 0 spiro atoms. The SMILES string of the molecule is CC(=O)NCC1CCc2c(Cl)ccc(N)c2C1=O. The Labute approximate surface area is 110 Å². The van der Waals surface area contributed by atoms with E-state index in [-0.39, 0.29) is 17.6 Å². The fourth-order valence-electron chi connectivity index (χ4n) is 2.29. The molecule has 1 unspecified atom stereocenters. The Bertz CT molecular complexity index is 514. The van der Waals surface area contributed by atoms with Crippen molar-refractivity contribution in [2.24, 2.45) is 5.92 Å². The molecule has 0 aromatic heterocycles. The van der Waals surface area contributed by atoms with E-state index >= 15 is 0 Å². The minimum atomic E-state index is -0.206. The van der Waals surface area contributed by atoms with Crippen LogP contribution in [0.15, 0.2) is 12.1 Å². The number of carbonyl (C=O) groups is 2. The number of benzene rings is 1. The van der Waals surface area contributed by atoms with E-state index in [1.165, 1.54) is 6.92 Å². The van der Waals surface area contributed by atoms with E-state index in [4.69, 9.17) is 17.3 Å². The van der Waals surface area contributed by atoms with Crippen molar-refractivity contribution in [1.29, 1.82) is 0 Å². The fourth-order valence-corrected chi connectivity index (χ4v) is 2.54. The maximum absolute atomic E-state index is 12.3. The van der Waals surface area contributed by atoms with Gasteiger partial charge < -0.3 is 11.1 Å². The normalized spacial score (nSPS) is 18.3. The number of amides is 1. The second-order valence-corrected chi connectivity index (χ2v) is 4.93. The fraction of sp³-hybridized carbons (Fsp3) is 0.385. The molecule has 1 amide bonds. The van der Waals surface area contributed by atoms with Crippen LogP contribution < -0.4 is 11.1 Å². The predicted molar refractivity (Wildman–Crippen MR) is 70.7 cm³/mol. The van der Waals surface area contributed by atoms with E-state index in [1.807, 2.05) is 0 Å². The van der Waals surface area contributed by atoms with Crippen molar-refractivity contribution in [1.82, 2.24) is 5.32 Å². The van der Waals surface area contributed by atoms with Crippen molar-refractivity contribution in [3.05, 3.63) is 28.3 Å². The summed E-state index contributed by atoms with van der Waals surface area (Å²) in [6.07, 6.45) is 1.41. The topological polar surface area (TPSA) is 72.2 Å². The number of nitrogens with two attached hydrogens (primary N) is 1. The summed E-state index contributed by atoms with van der Waals surface area (Å²) < 4.78 is 0. The Morgan fingerprint density at radius 1 is 1.56 bits per heavy atom. The molecule has 96 valence electrons. The summed E-state index contributed by atoms with van der Waals surface area (Å²) in [6.45, 7) is 1.80. The number of halogens is 1. The van der Waals surface area contributed by atoms with Gasteiger partial charge in [0.1, 0.15) is 0 Å². The van der Waals surface area contributed by atoms with Gasteiger partial charge in [-0.25, -0.2) is 0 Å². The molecule has 0 saturated heterocycles. The summed E-state index contributed by atoms with van der Waals surface area (Å²) in [5.41, 5.74) is 7.68. The van der Waals surface area contributed by atoms with Gasteiger partial charge in [0.25, 0.3) is 0 Å². The number of Topliss-reactive ketones (excluding diaryl/α,β-unsaturated/α-hetero) is 1. The lowest BCUT2D eigenvalue weighted by Gasteiger charge is -2.25. The maximum atomic E-state index is 12.3. The lowest BCUT2D eigenvalue weighted by Crippen LogP contribution is -2.34. The predicted octanol–water partition coefficient (Wildman–Crippen LogP) is 1.80. The van der Waals surface area contributed by atoms with E-state index in [0.717, 1.165) is 12.0 Å². The van der Waals surface area contributed by atoms with Crippen molar-refractivity contribution >= 4 is 29.0 Å². The zero-order valence-electron chi connectivity index (χ0n) is 10.1. The molecule has 0 radical (unpaired) electrons. The maximum Gasteiger partial charge on any atom is 0.216 e. The third-order valence-corrected chi connectivity index (χ3v) is 3.60. The molecule has 4 nitrogen and oxygen atoms in total. The highest BCUT2D eigenvalue weighted by molar-refractivity contribution is 6.32. The van der Waals surface area contributed by atoms with Crippen molar-refractivity contribution in [3.63, 3.8) is 0 Å². The van der Waals surface area contributed by atoms with Gasteiger partial charge in [0.15, 0.2) is 5.78 Å². The number of anilines is 1. The molecule has 1 aromatic rings. The summed E-state index contributed by atoms with van der Waals surface area (Å²) in [6, 6.07) is 3.37. The molecule has 5 heteroatoms. The Morgan fingerprint density at radius 3 is 2.94 bits per heavy atom.